The molecule has 6 heteroatoms. The van der Waals surface area contributed by atoms with E-state index < -0.39 is 6.04 Å². The summed E-state index contributed by atoms with van der Waals surface area (Å²) >= 11 is 0. The van der Waals surface area contributed by atoms with E-state index in [9.17, 15) is 4.79 Å². The van der Waals surface area contributed by atoms with Gasteiger partial charge >= 0.3 is 0 Å². The van der Waals surface area contributed by atoms with Gasteiger partial charge in [-0.25, -0.2) is 0 Å². The number of nitrogens with one attached hydrogen (secondary N) is 1. The van der Waals surface area contributed by atoms with Gasteiger partial charge in [0.25, 0.3) is 0 Å². The second-order valence-corrected chi connectivity index (χ2v) is 5.77. The Morgan fingerprint density at radius 1 is 1.30 bits per heavy atom. The molecule has 1 aromatic heterocycles. The Balaban J connectivity index is 0.00000192. The fraction of sp³-hybridized carbons (Fsp3) is 0.471. The molecule has 2 aromatic rings. The molecule has 1 fully saturated rings. The highest BCUT2D eigenvalue weighted by molar-refractivity contribution is 5.85. The number of fused-ring (bicyclic) bond motifs is 1. The molecular weight excluding hydrogens is 316 g/mol. The van der Waals surface area contributed by atoms with Crippen molar-refractivity contribution in [3.8, 4) is 0 Å². The standard InChI is InChI=1S/C17H22N2O3.ClH/c18-16(12-6-9-21-10-7-12)17(20)19-8-5-14-11-13-3-1-2-4-15(13)22-14;/h1-4,11-12,16H,5-10,18H2,(H,19,20);1H. The Morgan fingerprint density at radius 2 is 2.04 bits per heavy atom. The minimum Gasteiger partial charge on any atom is -0.461 e. The molecule has 1 saturated heterocycles. The van der Waals surface area contributed by atoms with Gasteiger partial charge in [-0.05, 0) is 30.9 Å². The fourth-order valence-electron chi connectivity index (χ4n) is 2.88. The Kier molecular flexibility index (Phi) is 6.45. The number of carbonyl (C=O) groups is 1. The van der Waals surface area contributed by atoms with E-state index in [0.717, 1.165) is 29.6 Å². The number of hydrogen-bond acceptors (Lipinski definition) is 4. The summed E-state index contributed by atoms with van der Waals surface area (Å²) < 4.78 is 11.0. The quantitative estimate of drug-likeness (QED) is 0.876. The van der Waals surface area contributed by atoms with Crippen molar-refractivity contribution in [2.75, 3.05) is 19.8 Å². The monoisotopic (exact) mass is 338 g/mol. The van der Waals surface area contributed by atoms with Crippen LogP contribution in [0.1, 0.15) is 18.6 Å². The van der Waals surface area contributed by atoms with E-state index in [1.165, 1.54) is 0 Å². The number of hydrogen-bond donors (Lipinski definition) is 2. The zero-order valence-electron chi connectivity index (χ0n) is 13.0. The second-order valence-electron chi connectivity index (χ2n) is 5.77. The Morgan fingerprint density at radius 3 is 2.78 bits per heavy atom. The normalized spacial score (nSPS) is 16.7. The van der Waals surface area contributed by atoms with Gasteiger partial charge in [-0.1, -0.05) is 18.2 Å². The summed E-state index contributed by atoms with van der Waals surface area (Å²) in [5.41, 5.74) is 6.92. The van der Waals surface area contributed by atoms with Crippen LogP contribution < -0.4 is 11.1 Å². The molecule has 1 aliphatic heterocycles. The van der Waals surface area contributed by atoms with Crippen molar-refractivity contribution in [3.63, 3.8) is 0 Å². The molecule has 0 bridgehead atoms. The zero-order valence-corrected chi connectivity index (χ0v) is 13.8. The molecule has 3 N–H and O–H groups in total. The molecule has 23 heavy (non-hydrogen) atoms. The predicted octanol–water partition coefficient (Wildman–Crippen LogP) is 2.27. The van der Waals surface area contributed by atoms with Crippen molar-refractivity contribution < 1.29 is 13.9 Å². The highest BCUT2D eigenvalue weighted by atomic mass is 35.5. The highest BCUT2D eigenvalue weighted by Gasteiger charge is 2.26. The maximum absolute atomic E-state index is 12.1. The van der Waals surface area contributed by atoms with Gasteiger partial charge in [0.1, 0.15) is 11.3 Å². The molecule has 0 aliphatic carbocycles. The van der Waals surface area contributed by atoms with Crippen LogP contribution in [-0.4, -0.2) is 31.7 Å². The summed E-state index contributed by atoms with van der Waals surface area (Å²) in [4.78, 5) is 12.1. The van der Waals surface area contributed by atoms with Crippen molar-refractivity contribution in [1.29, 1.82) is 0 Å². The van der Waals surface area contributed by atoms with Crippen LogP contribution in [-0.2, 0) is 16.0 Å². The third-order valence-electron chi connectivity index (χ3n) is 4.22. The van der Waals surface area contributed by atoms with E-state index in [2.05, 4.69) is 5.32 Å². The lowest BCUT2D eigenvalue weighted by Gasteiger charge is -2.26. The molecule has 3 rings (SSSR count). The Labute approximate surface area is 142 Å². The van der Waals surface area contributed by atoms with Crippen molar-refractivity contribution in [2.45, 2.75) is 25.3 Å². The lowest BCUT2D eigenvalue weighted by molar-refractivity contribution is -0.124. The van der Waals surface area contributed by atoms with E-state index in [1.807, 2.05) is 30.3 Å². The van der Waals surface area contributed by atoms with Crippen LogP contribution in [0, 0.1) is 5.92 Å². The zero-order chi connectivity index (χ0) is 15.4. The van der Waals surface area contributed by atoms with E-state index in [0.29, 0.717) is 26.2 Å². The lowest BCUT2D eigenvalue weighted by atomic mass is 9.92. The number of furan rings is 1. The maximum Gasteiger partial charge on any atom is 0.237 e. The topological polar surface area (TPSA) is 77.5 Å². The smallest absolute Gasteiger partial charge is 0.237 e. The number of carbonyl (C=O) groups excluding carboxylic acids is 1. The summed E-state index contributed by atoms with van der Waals surface area (Å²) in [6, 6.07) is 9.46. The molecule has 0 radical (unpaired) electrons. The van der Waals surface area contributed by atoms with E-state index in [1.54, 1.807) is 0 Å². The SMILES string of the molecule is Cl.NC(C(=O)NCCc1cc2ccccc2o1)C1CCOCC1. The number of para-hydroxylation sites is 1. The van der Waals surface area contributed by atoms with Crippen LogP contribution in [0.2, 0.25) is 0 Å². The largest absolute Gasteiger partial charge is 0.461 e. The number of rotatable bonds is 5. The second kappa shape index (κ2) is 8.34. The molecular formula is C17H23ClN2O3. The number of amides is 1. The fourth-order valence-corrected chi connectivity index (χ4v) is 2.88. The summed E-state index contributed by atoms with van der Waals surface area (Å²) in [5, 5.41) is 3.99. The average molecular weight is 339 g/mol. The van der Waals surface area contributed by atoms with Crippen LogP contribution in [0.25, 0.3) is 11.0 Å². The van der Waals surface area contributed by atoms with Gasteiger partial charge < -0.3 is 20.2 Å². The lowest BCUT2D eigenvalue weighted by Crippen LogP contribution is -2.47. The maximum atomic E-state index is 12.1. The van der Waals surface area contributed by atoms with E-state index >= 15 is 0 Å². The molecule has 2 heterocycles. The first-order valence-corrected chi connectivity index (χ1v) is 7.82. The molecule has 1 amide bonds. The van der Waals surface area contributed by atoms with Crippen molar-refractivity contribution in [1.82, 2.24) is 5.32 Å². The molecule has 1 unspecified atom stereocenters. The van der Waals surface area contributed by atoms with Crippen LogP contribution in [0.3, 0.4) is 0 Å². The Bertz CT molecular complexity index is 605. The van der Waals surface area contributed by atoms with Crippen molar-refractivity contribution >= 4 is 29.3 Å². The van der Waals surface area contributed by atoms with Gasteiger partial charge in [0.2, 0.25) is 5.91 Å². The molecule has 5 nitrogen and oxygen atoms in total. The first kappa shape index (κ1) is 17.8. The number of ether oxygens (including phenoxy) is 1. The summed E-state index contributed by atoms with van der Waals surface area (Å²) in [7, 11) is 0. The van der Waals surface area contributed by atoms with E-state index in [4.69, 9.17) is 14.9 Å². The molecule has 1 aliphatic rings. The third kappa shape index (κ3) is 4.47. The summed E-state index contributed by atoms with van der Waals surface area (Å²) in [6.45, 7) is 1.94. The van der Waals surface area contributed by atoms with E-state index in [-0.39, 0.29) is 24.2 Å². The van der Waals surface area contributed by atoms with Crippen LogP contribution in [0.15, 0.2) is 34.7 Å². The van der Waals surface area contributed by atoms with Gasteiger partial charge in [0.05, 0.1) is 6.04 Å². The van der Waals surface area contributed by atoms with Gasteiger partial charge in [0.15, 0.2) is 0 Å². The molecule has 0 spiro atoms. The molecule has 126 valence electrons. The predicted molar refractivity (Wildman–Crippen MR) is 91.7 cm³/mol. The van der Waals surface area contributed by atoms with Gasteiger partial charge in [0, 0.05) is 31.6 Å². The highest BCUT2D eigenvalue weighted by Crippen LogP contribution is 2.19. The summed E-state index contributed by atoms with van der Waals surface area (Å²) in [6.07, 6.45) is 2.39. The average Bonchev–Trinajstić information content (AvgIpc) is 2.97. The first-order valence-electron chi connectivity index (χ1n) is 7.82. The van der Waals surface area contributed by atoms with Crippen LogP contribution in [0.4, 0.5) is 0 Å². The number of benzene rings is 1. The number of nitrogens with two attached hydrogens (primary N) is 1. The Hall–Kier alpha value is -1.56. The summed E-state index contributed by atoms with van der Waals surface area (Å²) in [5.74, 6) is 1.02. The third-order valence-corrected chi connectivity index (χ3v) is 4.22. The molecule has 0 saturated carbocycles. The van der Waals surface area contributed by atoms with Gasteiger partial charge in [-0.2, -0.15) is 0 Å². The molecule has 1 aromatic carbocycles. The number of halogens is 1. The van der Waals surface area contributed by atoms with Crippen molar-refractivity contribution in [2.24, 2.45) is 11.7 Å². The minimum atomic E-state index is -0.445. The van der Waals surface area contributed by atoms with Gasteiger partial charge in [-0.15, -0.1) is 12.4 Å². The van der Waals surface area contributed by atoms with Crippen LogP contribution in [0.5, 0.6) is 0 Å². The van der Waals surface area contributed by atoms with Crippen LogP contribution >= 0.6 is 12.4 Å². The first-order chi connectivity index (χ1) is 10.7. The van der Waals surface area contributed by atoms with Crippen molar-refractivity contribution in [3.05, 3.63) is 36.1 Å². The van der Waals surface area contributed by atoms with Gasteiger partial charge in [-0.3, -0.25) is 4.79 Å². The molecule has 1 atom stereocenters. The minimum absolute atomic E-state index is 0.